The molecule has 0 radical (unpaired) electrons. The first kappa shape index (κ1) is 13.7. The summed E-state index contributed by atoms with van der Waals surface area (Å²) in [6, 6.07) is 13.9. The fourth-order valence-electron chi connectivity index (χ4n) is 1.73. The Bertz CT molecular complexity index is 574. The predicted octanol–water partition coefficient (Wildman–Crippen LogP) is 4.64. The van der Waals surface area contributed by atoms with Crippen LogP contribution in [0.15, 0.2) is 46.9 Å². The highest BCUT2D eigenvalue weighted by Crippen LogP contribution is 2.26. The zero-order valence-corrected chi connectivity index (χ0v) is 12.5. The molecule has 0 aliphatic rings. The fraction of sp³-hybridized carbons (Fsp3) is 0.125. The van der Waals surface area contributed by atoms with Crippen molar-refractivity contribution in [2.75, 3.05) is 14.2 Å². The van der Waals surface area contributed by atoms with E-state index in [2.05, 4.69) is 15.9 Å². The highest BCUT2D eigenvalue weighted by atomic mass is 79.9. The summed E-state index contributed by atoms with van der Waals surface area (Å²) in [5, 5.41) is 0. The van der Waals surface area contributed by atoms with Crippen LogP contribution in [0.4, 0.5) is 0 Å². The van der Waals surface area contributed by atoms with Crippen molar-refractivity contribution < 1.29 is 9.47 Å². The Morgan fingerprint density at radius 2 is 1.63 bits per heavy atom. The highest BCUT2D eigenvalue weighted by Gasteiger charge is 2.01. The largest absolute Gasteiger partial charge is 0.497 e. The zero-order chi connectivity index (χ0) is 13.7. The smallest absolute Gasteiger partial charge is 0.126 e. The SMILES string of the molecule is COc1ccc(OC)c(C=Cc2ccc(Br)cc2)c1. The molecule has 2 aromatic rings. The van der Waals surface area contributed by atoms with Gasteiger partial charge in [0.25, 0.3) is 0 Å². The van der Waals surface area contributed by atoms with Crippen LogP contribution in [0, 0.1) is 0 Å². The molecule has 0 bridgehead atoms. The predicted molar refractivity (Wildman–Crippen MR) is 82.6 cm³/mol. The lowest BCUT2D eigenvalue weighted by atomic mass is 10.1. The second-order valence-corrected chi connectivity index (χ2v) is 4.91. The second-order valence-electron chi connectivity index (χ2n) is 3.99. The van der Waals surface area contributed by atoms with Gasteiger partial charge < -0.3 is 9.47 Å². The molecule has 2 nitrogen and oxygen atoms in total. The first-order valence-electron chi connectivity index (χ1n) is 5.88. The third-order valence-corrected chi connectivity index (χ3v) is 3.29. The van der Waals surface area contributed by atoms with E-state index in [1.807, 2.05) is 54.6 Å². The van der Waals surface area contributed by atoms with Gasteiger partial charge in [0.1, 0.15) is 11.5 Å². The van der Waals surface area contributed by atoms with E-state index >= 15 is 0 Å². The van der Waals surface area contributed by atoms with Crippen molar-refractivity contribution >= 4 is 28.1 Å². The van der Waals surface area contributed by atoms with Gasteiger partial charge in [-0.05, 0) is 35.9 Å². The summed E-state index contributed by atoms with van der Waals surface area (Å²) in [6.07, 6.45) is 4.06. The molecule has 0 saturated carbocycles. The van der Waals surface area contributed by atoms with Gasteiger partial charge in [-0.2, -0.15) is 0 Å². The molecular weight excluding hydrogens is 304 g/mol. The van der Waals surface area contributed by atoms with Crippen molar-refractivity contribution in [1.82, 2.24) is 0 Å². The van der Waals surface area contributed by atoms with Crippen LogP contribution in [0.5, 0.6) is 11.5 Å². The Morgan fingerprint density at radius 3 is 2.26 bits per heavy atom. The molecule has 0 unspecified atom stereocenters. The Morgan fingerprint density at radius 1 is 0.895 bits per heavy atom. The molecule has 0 aromatic heterocycles. The van der Waals surface area contributed by atoms with Gasteiger partial charge in [-0.1, -0.05) is 40.2 Å². The van der Waals surface area contributed by atoms with Crippen LogP contribution in [0.1, 0.15) is 11.1 Å². The third-order valence-electron chi connectivity index (χ3n) is 2.76. The average molecular weight is 319 g/mol. The highest BCUT2D eigenvalue weighted by molar-refractivity contribution is 9.10. The first-order chi connectivity index (χ1) is 9.22. The van der Waals surface area contributed by atoms with Crippen LogP contribution in [-0.4, -0.2) is 14.2 Å². The van der Waals surface area contributed by atoms with E-state index in [0.29, 0.717) is 0 Å². The van der Waals surface area contributed by atoms with Gasteiger partial charge >= 0.3 is 0 Å². The van der Waals surface area contributed by atoms with Gasteiger partial charge in [-0.15, -0.1) is 0 Å². The number of hydrogen-bond acceptors (Lipinski definition) is 2. The quantitative estimate of drug-likeness (QED) is 0.765. The summed E-state index contributed by atoms with van der Waals surface area (Å²) >= 11 is 3.42. The summed E-state index contributed by atoms with van der Waals surface area (Å²) in [6.45, 7) is 0. The number of rotatable bonds is 4. The molecule has 0 saturated heterocycles. The Kier molecular flexibility index (Phi) is 4.63. The van der Waals surface area contributed by atoms with Crippen molar-refractivity contribution in [1.29, 1.82) is 0 Å². The number of ether oxygens (including phenoxy) is 2. The lowest BCUT2D eigenvalue weighted by molar-refractivity contribution is 0.402. The number of hydrogen-bond donors (Lipinski definition) is 0. The van der Waals surface area contributed by atoms with Crippen molar-refractivity contribution in [3.63, 3.8) is 0 Å². The maximum atomic E-state index is 5.34. The van der Waals surface area contributed by atoms with Crippen molar-refractivity contribution in [3.8, 4) is 11.5 Å². The molecule has 0 spiro atoms. The molecule has 0 aliphatic heterocycles. The van der Waals surface area contributed by atoms with Crippen LogP contribution in [-0.2, 0) is 0 Å². The maximum absolute atomic E-state index is 5.34. The third kappa shape index (κ3) is 3.61. The zero-order valence-electron chi connectivity index (χ0n) is 10.9. The molecule has 2 rings (SSSR count). The van der Waals surface area contributed by atoms with Gasteiger partial charge in [0.05, 0.1) is 14.2 Å². The molecule has 0 fully saturated rings. The van der Waals surface area contributed by atoms with Gasteiger partial charge in [0.15, 0.2) is 0 Å². The van der Waals surface area contributed by atoms with E-state index in [0.717, 1.165) is 27.1 Å². The lowest BCUT2D eigenvalue weighted by Crippen LogP contribution is -1.89. The van der Waals surface area contributed by atoms with E-state index in [-0.39, 0.29) is 0 Å². The Hall–Kier alpha value is -1.74. The fourth-order valence-corrected chi connectivity index (χ4v) is 1.99. The summed E-state index contributed by atoms with van der Waals surface area (Å²) in [5.74, 6) is 1.64. The Labute approximate surface area is 121 Å². The molecule has 0 heterocycles. The minimum absolute atomic E-state index is 0.816. The van der Waals surface area contributed by atoms with E-state index in [9.17, 15) is 0 Å². The molecule has 98 valence electrons. The maximum Gasteiger partial charge on any atom is 0.126 e. The molecule has 0 amide bonds. The summed E-state index contributed by atoms with van der Waals surface area (Å²) in [4.78, 5) is 0. The van der Waals surface area contributed by atoms with Crippen LogP contribution in [0.3, 0.4) is 0 Å². The first-order valence-corrected chi connectivity index (χ1v) is 6.68. The van der Waals surface area contributed by atoms with E-state index in [1.54, 1.807) is 14.2 Å². The van der Waals surface area contributed by atoms with Crippen LogP contribution in [0.25, 0.3) is 12.2 Å². The normalized spacial score (nSPS) is 10.7. The molecule has 2 aromatic carbocycles. The molecule has 0 aliphatic carbocycles. The standard InChI is InChI=1S/C16H15BrO2/c1-18-15-9-10-16(19-2)13(11-15)6-3-12-4-7-14(17)8-5-12/h3-11H,1-2H3. The van der Waals surface area contributed by atoms with Crippen LogP contribution >= 0.6 is 15.9 Å². The number of methoxy groups -OCH3 is 2. The van der Waals surface area contributed by atoms with E-state index in [1.165, 1.54) is 0 Å². The average Bonchev–Trinajstić information content (AvgIpc) is 2.46. The molecular formula is C16H15BrO2. The van der Waals surface area contributed by atoms with Crippen LogP contribution < -0.4 is 9.47 Å². The summed E-state index contributed by atoms with van der Waals surface area (Å²) < 4.78 is 11.6. The van der Waals surface area contributed by atoms with E-state index < -0.39 is 0 Å². The van der Waals surface area contributed by atoms with Gasteiger partial charge in [0, 0.05) is 10.0 Å². The minimum Gasteiger partial charge on any atom is -0.497 e. The molecule has 3 heteroatoms. The Balaban J connectivity index is 2.28. The minimum atomic E-state index is 0.816. The van der Waals surface area contributed by atoms with Crippen molar-refractivity contribution in [2.45, 2.75) is 0 Å². The topological polar surface area (TPSA) is 18.5 Å². The molecule has 0 N–H and O–H groups in total. The van der Waals surface area contributed by atoms with Crippen molar-refractivity contribution in [2.24, 2.45) is 0 Å². The molecule has 19 heavy (non-hydrogen) atoms. The summed E-state index contributed by atoms with van der Waals surface area (Å²) in [5.41, 5.74) is 2.12. The number of halogens is 1. The molecule has 0 atom stereocenters. The van der Waals surface area contributed by atoms with Crippen LogP contribution in [0.2, 0.25) is 0 Å². The second kappa shape index (κ2) is 6.43. The lowest BCUT2D eigenvalue weighted by Gasteiger charge is -2.07. The van der Waals surface area contributed by atoms with Crippen molar-refractivity contribution in [3.05, 3.63) is 58.1 Å². The van der Waals surface area contributed by atoms with Gasteiger partial charge in [-0.3, -0.25) is 0 Å². The monoisotopic (exact) mass is 318 g/mol. The van der Waals surface area contributed by atoms with Gasteiger partial charge in [0.2, 0.25) is 0 Å². The summed E-state index contributed by atoms with van der Waals surface area (Å²) in [7, 11) is 3.32. The number of benzene rings is 2. The van der Waals surface area contributed by atoms with E-state index in [4.69, 9.17) is 9.47 Å². The van der Waals surface area contributed by atoms with Gasteiger partial charge in [-0.25, -0.2) is 0 Å².